The number of esters is 1. The van der Waals surface area contributed by atoms with Crippen molar-refractivity contribution in [1.29, 1.82) is 0 Å². The fourth-order valence-corrected chi connectivity index (χ4v) is 3.01. The van der Waals surface area contributed by atoms with E-state index in [1.807, 2.05) is 24.3 Å². The monoisotopic (exact) mass is 458 g/mol. The van der Waals surface area contributed by atoms with Gasteiger partial charge in [0.05, 0.1) is 19.8 Å². The van der Waals surface area contributed by atoms with Crippen LogP contribution in [0.2, 0.25) is 5.02 Å². The first kappa shape index (κ1) is 23.1. The number of amides is 2. The Morgan fingerprint density at radius 3 is 2.50 bits per heavy atom. The molecule has 0 unspecified atom stereocenters. The van der Waals surface area contributed by atoms with Crippen molar-refractivity contribution in [3.8, 4) is 5.75 Å². The molecule has 3 rings (SSSR count). The fraction of sp³-hybridized carbons (Fsp3) is 0.273. The summed E-state index contributed by atoms with van der Waals surface area (Å²) < 4.78 is 15.3. The van der Waals surface area contributed by atoms with Crippen molar-refractivity contribution in [2.45, 2.75) is 25.8 Å². The van der Waals surface area contributed by atoms with Gasteiger partial charge in [-0.3, -0.25) is 4.79 Å². The predicted molar refractivity (Wildman–Crippen MR) is 118 cm³/mol. The average Bonchev–Trinajstić information content (AvgIpc) is 3.24. The molecule has 32 heavy (non-hydrogen) atoms. The number of anilines is 1. The van der Waals surface area contributed by atoms with Gasteiger partial charge in [0.1, 0.15) is 12.2 Å². The lowest BCUT2D eigenvalue weighted by atomic mass is 10.1. The molecule has 9 nitrogen and oxygen atoms in total. The molecule has 0 saturated heterocycles. The number of rotatable bonds is 9. The van der Waals surface area contributed by atoms with Gasteiger partial charge < -0.3 is 24.6 Å². The Morgan fingerprint density at radius 1 is 1.12 bits per heavy atom. The minimum Gasteiger partial charge on any atom is -0.497 e. The van der Waals surface area contributed by atoms with E-state index >= 15 is 0 Å². The molecule has 0 spiro atoms. The van der Waals surface area contributed by atoms with E-state index in [9.17, 15) is 9.59 Å². The molecule has 1 heterocycles. The van der Waals surface area contributed by atoms with Crippen LogP contribution in [0.25, 0.3) is 0 Å². The fourth-order valence-electron chi connectivity index (χ4n) is 2.88. The number of carbonyl (C=O) groups excluding carboxylic acids is 2. The van der Waals surface area contributed by atoms with E-state index in [4.69, 9.17) is 25.6 Å². The number of carbonyl (C=O) groups is 2. The lowest BCUT2D eigenvalue weighted by Crippen LogP contribution is -2.34. The zero-order valence-corrected chi connectivity index (χ0v) is 18.4. The summed E-state index contributed by atoms with van der Waals surface area (Å²) in [5.74, 6) is 0.599. The Kier molecular flexibility index (Phi) is 8.04. The maximum Gasteiger partial charge on any atom is 0.319 e. The largest absolute Gasteiger partial charge is 0.497 e. The molecule has 1 aromatic heterocycles. The standard InChI is InChI=1S/C22H23ClN4O5/c1-3-31-20(28)13-19-26-21(27-32-19)18(12-14-4-10-17(30-2)11-5-14)25-22(29)24-16-8-6-15(23)7-9-16/h4-11,18H,3,12-13H2,1-2H3,(H2,24,25,29)/t18-/m0/s1. The topological polar surface area (TPSA) is 116 Å². The smallest absolute Gasteiger partial charge is 0.319 e. The molecule has 0 radical (unpaired) electrons. The van der Waals surface area contributed by atoms with E-state index in [1.54, 1.807) is 38.3 Å². The summed E-state index contributed by atoms with van der Waals surface area (Å²) in [6.45, 7) is 1.97. The second kappa shape index (κ2) is 11.1. The number of hydrogen-bond donors (Lipinski definition) is 2. The number of methoxy groups -OCH3 is 1. The van der Waals surface area contributed by atoms with E-state index in [0.717, 1.165) is 11.3 Å². The van der Waals surface area contributed by atoms with Gasteiger partial charge in [-0.15, -0.1) is 0 Å². The molecule has 10 heteroatoms. The van der Waals surface area contributed by atoms with Crippen LogP contribution in [0.15, 0.2) is 53.1 Å². The van der Waals surface area contributed by atoms with Gasteiger partial charge in [-0.1, -0.05) is 28.9 Å². The number of nitrogens with zero attached hydrogens (tertiary/aromatic N) is 2. The Bertz CT molecular complexity index is 1040. The minimum absolute atomic E-state index is 0.109. The lowest BCUT2D eigenvalue weighted by Gasteiger charge is -2.16. The van der Waals surface area contributed by atoms with Crippen LogP contribution in [-0.2, 0) is 22.4 Å². The van der Waals surface area contributed by atoms with Crippen LogP contribution in [0.4, 0.5) is 10.5 Å². The van der Waals surface area contributed by atoms with Crippen LogP contribution in [0.3, 0.4) is 0 Å². The van der Waals surface area contributed by atoms with Gasteiger partial charge in [-0.2, -0.15) is 4.98 Å². The number of nitrogens with one attached hydrogen (secondary N) is 2. The van der Waals surface area contributed by atoms with E-state index in [0.29, 0.717) is 17.1 Å². The quantitative estimate of drug-likeness (QED) is 0.466. The highest BCUT2D eigenvalue weighted by Gasteiger charge is 2.22. The van der Waals surface area contributed by atoms with Crippen molar-refractivity contribution in [3.05, 3.63) is 70.8 Å². The Labute approximate surface area is 190 Å². The number of benzene rings is 2. The molecular formula is C22H23ClN4O5. The summed E-state index contributed by atoms with van der Waals surface area (Å²) in [5, 5.41) is 10.1. The lowest BCUT2D eigenvalue weighted by molar-refractivity contribution is -0.142. The van der Waals surface area contributed by atoms with Crippen LogP contribution in [-0.4, -0.2) is 35.9 Å². The van der Waals surface area contributed by atoms with Crippen LogP contribution >= 0.6 is 11.6 Å². The second-order valence-corrected chi connectivity index (χ2v) is 7.17. The van der Waals surface area contributed by atoms with Gasteiger partial charge in [-0.25, -0.2) is 4.79 Å². The van der Waals surface area contributed by atoms with Crippen LogP contribution < -0.4 is 15.4 Å². The second-order valence-electron chi connectivity index (χ2n) is 6.74. The first-order valence-corrected chi connectivity index (χ1v) is 10.3. The molecule has 0 bridgehead atoms. The van der Waals surface area contributed by atoms with Crippen LogP contribution in [0.1, 0.15) is 30.2 Å². The van der Waals surface area contributed by atoms with Crippen molar-refractivity contribution < 1.29 is 23.6 Å². The molecule has 2 N–H and O–H groups in total. The summed E-state index contributed by atoms with van der Waals surface area (Å²) in [6, 6.07) is 13.1. The van der Waals surface area contributed by atoms with Gasteiger partial charge in [0.25, 0.3) is 0 Å². The molecule has 168 valence electrons. The Hall–Kier alpha value is -3.59. The van der Waals surface area contributed by atoms with E-state index < -0.39 is 18.0 Å². The van der Waals surface area contributed by atoms with Gasteiger partial charge in [0, 0.05) is 17.1 Å². The minimum atomic E-state index is -0.615. The zero-order chi connectivity index (χ0) is 22.9. The van der Waals surface area contributed by atoms with Crippen molar-refractivity contribution in [3.63, 3.8) is 0 Å². The van der Waals surface area contributed by atoms with Crippen molar-refractivity contribution in [2.24, 2.45) is 0 Å². The third-order valence-corrected chi connectivity index (χ3v) is 4.65. The Morgan fingerprint density at radius 2 is 1.84 bits per heavy atom. The first-order valence-electron chi connectivity index (χ1n) is 9.91. The molecule has 0 aliphatic rings. The number of urea groups is 1. The molecule has 0 fully saturated rings. The van der Waals surface area contributed by atoms with E-state index in [1.165, 1.54) is 0 Å². The van der Waals surface area contributed by atoms with Crippen molar-refractivity contribution in [2.75, 3.05) is 19.0 Å². The van der Waals surface area contributed by atoms with Gasteiger partial charge >= 0.3 is 12.0 Å². The number of ether oxygens (including phenoxy) is 2. The van der Waals surface area contributed by atoms with Crippen LogP contribution in [0, 0.1) is 0 Å². The third-order valence-electron chi connectivity index (χ3n) is 4.40. The van der Waals surface area contributed by atoms with E-state index in [2.05, 4.69) is 20.8 Å². The molecule has 2 amide bonds. The zero-order valence-electron chi connectivity index (χ0n) is 17.6. The summed E-state index contributed by atoms with van der Waals surface area (Å²) in [7, 11) is 1.59. The average molecular weight is 459 g/mol. The molecule has 0 aliphatic heterocycles. The maximum absolute atomic E-state index is 12.6. The molecular weight excluding hydrogens is 436 g/mol. The highest BCUT2D eigenvalue weighted by Crippen LogP contribution is 2.20. The number of aromatic nitrogens is 2. The van der Waals surface area contributed by atoms with Gasteiger partial charge in [0.2, 0.25) is 5.89 Å². The van der Waals surface area contributed by atoms with Gasteiger partial charge in [-0.05, 0) is 48.9 Å². The number of hydrogen-bond acceptors (Lipinski definition) is 7. The van der Waals surface area contributed by atoms with Crippen molar-refractivity contribution in [1.82, 2.24) is 15.5 Å². The maximum atomic E-state index is 12.6. The third kappa shape index (κ3) is 6.71. The summed E-state index contributed by atoms with van der Waals surface area (Å²) in [6.07, 6.45) is 0.240. The Balaban J connectivity index is 1.75. The van der Waals surface area contributed by atoms with Crippen molar-refractivity contribution >= 4 is 29.3 Å². The SMILES string of the molecule is CCOC(=O)Cc1nc([C@H](Cc2ccc(OC)cc2)NC(=O)Nc2ccc(Cl)cc2)no1. The predicted octanol–water partition coefficient (Wildman–Crippen LogP) is 3.94. The summed E-state index contributed by atoms with van der Waals surface area (Å²) in [4.78, 5) is 28.6. The molecule has 0 aliphatic carbocycles. The van der Waals surface area contributed by atoms with Crippen LogP contribution in [0.5, 0.6) is 5.75 Å². The van der Waals surface area contributed by atoms with Gasteiger partial charge in [0.15, 0.2) is 5.82 Å². The molecule has 1 atom stereocenters. The first-order chi connectivity index (χ1) is 15.5. The highest BCUT2D eigenvalue weighted by molar-refractivity contribution is 6.30. The normalized spacial score (nSPS) is 11.5. The molecule has 0 saturated carbocycles. The molecule has 2 aromatic carbocycles. The summed E-state index contributed by atoms with van der Waals surface area (Å²) in [5.41, 5.74) is 1.49. The molecule has 3 aromatic rings. The van der Waals surface area contributed by atoms with E-state index in [-0.39, 0.29) is 24.7 Å². The highest BCUT2D eigenvalue weighted by atomic mass is 35.5. The summed E-state index contributed by atoms with van der Waals surface area (Å²) >= 11 is 5.89. The number of halogens is 1.